The topological polar surface area (TPSA) is 80.9 Å². The Balaban J connectivity index is 1.60. The Morgan fingerprint density at radius 3 is 2.29 bits per heavy atom. The highest BCUT2D eigenvalue weighted by Gasteiger charge is 2.30. The zero-order valence-corrected chi connectivity index (χ0v) is 20.2. The van der Waals surface area contributed by atoms with Gasteiger partial charge in [0.25, 0.3) is 0 Å². The second-order valence-electron chi connectivity index (χ2n) is 9.01. The summed E-state index contributed by atoms with van der Waals surface area (Å²) in [6.07, 6.45) is 5.71. The van der Waals surface area contributed by atoms with Gasteiger partial charge in [0.2, 0.25) is 0 Å². The van der Waals surface area contributed by atoms with Crippen molar-refractivity contribution in [3.63, 3.8) is 0 Å². The summed E-state index contributed by atoms with van der Waals surface area (Å²) in [6.45, 7) is 0.556. The third-order valence-corrected chi connectivity index (χ3v) is 7.01. The minimum absolute atomic E-state index is 0.0241. The normalized spacial score (nSPS) is 15.1. The molecule has 34 heavy (non-hydrogen) atoms. The van der Waals surface area contributed by atoms with Crippen LogP contribution in [0, 0.1) is 11.8 Å². The fraction of sp³-hybridized carbons (Fsp3) is 0.370. The highest BCUT2D eigenvalue weighted by Crippen LogP contribution is 2.41. The van der Waals surface area contributed by atoms with Gasteiger partial charge in [-0.2, -0.15) is 0 Å². The molecule has 6 nitrogen and oxygen atoms in total. The number of hydrogen-bond acceptors (Lipinski definition) is 4. The number of carbonyl (C=O) groups is 1. The van der Waals surface area contributed by atoms with Crippen molar-refractivity contribution in [1.82, 2.24) is 4.57 Å². The molecule has 0 saturated heterocycles. The molecule has 0 saturated carbocycles. The number of carboxylic acid groups (broad SMARTS) is 1. The molecule has 7 heteroatoms. The molecule has 0 amide bonds. The Labute approximate surface area is 204 Å². The Kier molecular flexibility index (Phi) is 7.49. The SMILES string of the molecule is COc1cc([C@@H](O)[C@H](CC2Cc3ccccc3C2)Cn2ccc(CC(=O)O)c2)cc(OC)c1Cl. The van der Waals surface area contributed by atoms with Crippen molar-refractivity contribution in [2.24, 2.45) is 11.8 Å². The lowest BCUT2D eigenvalue weighted by atomic mass is 9.85. The number of hydrogen-bond donors (Lipinski definition) is 2. The number of halogens is 1. The summed E-state index contributed by atoms with van der Waals surface area (Å²) in [5.74, 6) is 0.346. The van der Waals surface area contributed by atoms with Gasteiger partial charge in [0.15, 0.2) is 0 Å². The van der Waals surface area contributed by atoms with Gasteiger partial charge in [-0.05, 0) is 65.6 Å². The number of aliphatic carboxylic acids is 1. The van der Waals surface area contributed by atoms with Crippen LogP contribution < -0.4 is 9.47 Å². The van der Waals surface area contributed by atoms with Crippen molar-refractivity contribution in [2.75, 3.05) is 14.2 Å². The minimum atomic E-state index is -0.863. The van der Waals surface area contributed by atoms with E-state index in [4.69, 9.17) is 26.2 Å². The van der Waals surface area contributed by atoms with Gasteiger partial charge in [0.1, 0.15) is 16.5 Å². The molecular formula is C27H30ClNO5. The van der Waals surface area contributed by atoms with E-state index in [1.165, 1.54) is 25.3 Å². The first kappa shape index (κ1) is 24.2. The number of carboxylic acids is 1. The minimum Gasteiger partial charge on any atom is -0.495 e. The van der Waals surface area contributed by atoms with Crippen molar-refractivity contribution >= 4 is 17.6 Å². The van der Waals surface area contributed by atoms with Crippen molar-refractivity contribution in [3.8, 4) is 11.5 Å². The Morgan fingerprint density at radius 2 is 1.74 bits per heavy atom. The van der Waals surface area contributed by atoms with E-state index in [2.05, 4.69) is 24.3 Å². The number of fused-ring (bicyclic) bond motifs is 1. The number of benzene rings is 2. The predicted octanol–water partition coefficient (Wildman–Crippen LogP) is 4.94. The molecule has 2 aromatic carbocycles. The Morgan fingerprint density at radius 1 is 1.12 bits per heavy atom. The lowest BCUT2D eigenvalue weighted by Gasteiger charge is -2.27. The third-order valence-electron chi connectivity index (χ3n) is 6.64. The molecule has 3 aromatic rings. The summed E-state index contributed by atoms with van der Waals surface area (Å²) in [5, 5.41) is 21.0. The lowest BCUT2D eigenvalue weighted by Crippen LogP contribution is -2.22. The van der Waals surface area contributed by atoms with E-state index in [-0.39, 0.29) is 12.3 Å². The van der Waals surface area contributed by atoms with E-state index in [0.717, 1.165) is 24.8 Å². The zero-order valence-electron chi connectivity index (χ0n) is 19.4. The van der Waals surface area contributed by atoms with Crippen LogP contribution in [0.1, 0.15) is 34.8 Å². The van der Waals surface area contributed by atoms with Crippen molar-refractivity contribution in [2.45, 2.75) is 38.3 Å². The van der Waals surface area contributed by atoms with Gasteiger partial charge in [-0.3, -0.25) is 4.79 Å². The van der Waals surface area contributed by atoms with Gasteiger partial charge < -0.3 is 24.3 Å². The second kappa shape index (κ2) is 10.5. The fourth-order valence-corrected chi connectivity index (χ4v) is 5.30. The molecule has 0 radical (unpaired) electrons. The van der Waals surface area contributed by atoms with Crippen LogP contribution in [-0.4, -0.2) is 35.0 Å². The molecule has 4 rings (SSSR count). The fourth-order valence-electron chi connectivity index (χ4n) is 5.03. The number of aliphatic hydroxyl groups excluding tert-OH is 1. The lowest BCUT2D eigenvalue weighted by molar-refractivity contribution is -0.136. The summed E-state index contributed by atoms with van der Waals surface area (Å²) >= 11 is 6.34. The first-order valence-electron chi connectivity index (χ1n) is 11.4. The molecule has 1 aromatic heterocycles. The molecule has 1 heterocycles. The molecule has 0 bridgehead atoms. The zero-order chi connectivity index (χ0) is 24.2. The molecule has 1 aliphatic rings. The Hall–Kier alpha value is -2.96. The van der Waals surface area contributed by atoms with Gasteiger partial charge in [-0.1, -0.05) is 35.9 Å². The Bertz CT molecular complexity index is 1110. The van der Waals surface area contributed by atoms with Crippen molar-refractivity contribution < 1.29 is 24.5 Å². The van der Waals surface area contributed by atoms with Gasteiger partial charge in [-0.25, -0.2) is 0 Å². The van der Waals surface area contributed by atoms with Gasteiger partial charge >= 0.3 is 5.97 Å². The highest BCUT2D eigenvalue weighted by molar-refractivity contribution is 6.33. The number of nitrogens with zero attached hydrogens (tertiary/aromatic N) is 1. The van der Waals surface area contributed by atoms with E-state index in [1.54, 1.807) is 12.1 Å². The molecule has 0 unspecified atom stereocenters. The van der Waals surface area contributed by atoms with Crippen LogP contribution in [-0.2, 0) is 30.6 Å². The molecule has 2 N–H and O–H groups in total. The molecule has 180 valence electrons. The maximum Gasteiger partial charge on any atom is 0.307 e. The number of rotatable bonds is 10. The van der Waals surface area contributed by atoms with Gasteiger partial charge in [0.05, 0.1) is 26.7 Å². The summed E-state index contributed by atoms with van der Waals surface area (Å²) in [7, 11) is 3.07. The van der Waals surface area contributed by atoms with Crippen LogP contribution in [0.15, 0.2) is 54.9 Å². The monoisotopic (exact) mass is 483 g/mol. The van der Waals surface area contributed by atoms with E-state index in [1.807, 2.05) is 23.0 Å². The number of aromatic nitrogens is 1. The molecule has 0 fully saturated rings. The van der Waals surface area contributed by atoms with E-state index < -0.39 is 12.1 Å². The summed E-state index contributed by atoms with van der Waals surface area (Å²) < 4.78 is 12.8. The van der Waals surface area contributed by atoms with Gasteiger partial charge in [0, 0.05) is 24.9 Å². The van der Waals surface area contributed by atoms with Crippen LogP contribution in [0.2, 0.25) is 5.02 Å². The average Bonchev–Trinajstić information content (AvgIpc) is 3.43. The largest absolute Gasteiger partial charge is 0.495 e. The number of aliphatic hydroxyl groups is 1. The second-order valence-corrected chi connectivity index (χ2v) is 9.39. The van der Waals surface area contributed by atoms with E-state index in [0.29, 0.717) is 34.5 Å². The van der Waals surface area contributed by atoms with Gasteiger partial charge in [-0.15, -0.1) is 0 Å². The van der Waals surface area contributed by atoms with Crippen LogP contribution in [0.25, 0.3) is 0 Å². The maximum atomic E-state index is 11.5. The van der Waals surface area contributed by atoms with E-state index >= 15 is 0 Å². The molecule has 0 aliphatic heterocycles. The first-order chi connectivity index (χ1) is 16.4. The average molecular weight is 484 g/mol. The molecule has 2 atom stereocenters. The number of methoxy groups -OCH3 is 2. The molecular weight excluding hydrogens is 454 g/mol. The number of ether oxygens (including phenoxy) is 2. The van der Waals surface area contributed by atoms with Crippen LogP contribution >= 0.6 is 11.6 Å². The summed E-state index contributed by atoms with van der Waals surface area (Å²) in [5.41, 5.74) is 4.17. The van der Waals surface area contributed by atoms with Crippen molar-refractivity contribution in [3.05, 3.63) is 82.1 Å². The van der Waals surface area contributed by atoms with E-state index in [9.17, 15) is 9.90 Å². The predicted molar refractivity (Wildman–Crippen MR) is 131 cm³/mol. The summed E-state index contributed by atoms with van der Waals surface area (Å²) in [6, 6.07) is 13.8. The standard InChI is InChI=1S/C27H30ClNO5/c1-33-23-13-21(14-24(34-2)26(23)28)27(32)22(16-29-8-7-17(15-29)12-25(30)31)11-18-9-19-5-3-4-6-20(19)10-18/h3-8,13-15,18,22,27,32H,9-12,16H2,1-2H3,(H,30,31)/t22-,27-/m1/s1. The highest BCUT2D eigenvalue weighted by atomic mass is 35.5. The van der Waals surface area contributed by atoms with Crippen LogP contribution in [0.4, 0.5) is 0 Å². The third kappa shape index (κ3) is 5.40. The summed E-state index contributed by atoms with van der Waals surface area (Å²) in [4.78, 5) is 11.1. The molecule has 0 spiro atoms. The van der Waals surface area contributed by atoms with Crippen molar-refractivity contribution in [1.29, 1.82) is 0 Å². The molecule has 1 aliphatic carbocycles. The maximum absolute atomic E-state index is 11.5. The first-order valence-corrected chi connectivity index (χ1v) is 11.8. The quantitative estimate of drug-likeness (QED) is 0.427. The van der Waals surface area contributed by atoms with Crippen LogP contribution in [0.5, 0.6) is 11.5 Å². The smallest absolute Gasteiger partial charge is 0.307 e. The van der Waals surface area contributed by atoms with Crippen LogP contribution in [0.3, 0.4) is 0 Å².